The van der Waals surface area contributed by atoms with Gasteiger partial charge in [0.1, 0.15) is 4.90 Å². The Bertz CT molecular complexity index is 642. The number of rotatable bonds is 2. The van der Waals surface area contributed by atoms with E-state index in [1.807, 2.05) is 6.07 Å². The Labute approximate surface area is 108 Å². The van der Waals surface area contributed by atoms with Crippen molar-refractivity contribution in [2.45, 2.75) is 4.90 Å². The fourth-order valence-electron chi connectivity index (χ4n) is 1.49. The fourth-order valence-corrected chi connectivity index (χ4v) is 3.29. The molecule has 0 aliphatic rings. The Hall–Kier alpha value is -1.10. The van der Waals surface area contributed by atoms with Gasteiger partial charge in [0.15, 0.2) is 0 Å². The lowest BCUT2D eigenvalue weighted by Crippen LogP contribution is -1.97. The van der Waals surface area contributed by atoms with Gasteiger partial charge < -0.3 is 0 Å². The maximum atomic E-state index is 11.5. The second-order valence-electron chi connectivity index (χ2n) is 3.30. The van der Waals surface area contributed by atoms with E-state index in [4.69, 9.17) is 22.3 Å². The van der Waals surface area contributed by atoms with Crippen LogP contribution in [0.1, 0.15) is 0 Å². The van der Waals surface area contributed by atoms with Crippen molar-refractivity contribution in [3.63, 3.8) is 0 Å². The van der Waals surface area contributed by atoms with E-state index in [0.29, 0.717) is 11.1 Å². The van der Waals surface area contributed by atoms with Crippen molar-refractivity contribution >= 4 is 31.3 Å². The van der Waals surface area contributed by atoms with Crippen LogP contribution in [0.15, 0.2) is 47.6 Å². The molecular weight excluding hydrogens is 281 g/mol. The molecule has 0 saturated carbocycles. The second-order valence-corrected chi connectivity index (χ2v) is 6.21. The largest absolute Gasteiger partial charge is 0.263 e. The zero-order valence-electron chi connectivity index (χ0n) is 8.47. The molecule has 3 nitrogen and oxygen atoms in total. The normalized spacial score (nSPS) is 11.4. The number of nitrogens with zero attached hydrogens (tertiary/aromatic N) is 1. The first-order valence-corrected chi connectivity index (χ1v) is 7.32. The minimum Gasteiger partial charge on any atom is -0.262 e. The van der Waals surface area contributed by atoms with Crippen LogP contribution in [0.3, 0.4) is 0 Å². The number of hydrogen-bond donors (Lipinski definition) is 0. The molecule has 0 saturated heterocycles. The van der Waals surface area contributed by atoms with Crippen molar-refractivity contribution < 1.29 is 8.42 Å². The van der Waals surface area contributed by atoms with Gasteiger partial charge in [0, 0.05) is 28.6 Å². The molecule has 0 aliphatic carbocycles. The number of aromatic nitrogens is 1. The summed E-state index contributed by atoms with van der Waals surface area (Å²) in [5, 5.41) is 0.0151. The summed E-state index contributed by atoms with van der Waals surface area (Å²) in [4.78, 5) is 3.77. The summed E-state index contributed by atoms with van der Waals surface area (Å²) >= 11 is 5.84. The predicted octanol–water partition coefficient (Wildman–Crippen LogP) is 3.33. The van der Waals surface area contributed by atoms with Gasteiger partial charge in [-0.25, -0.2) is 8.42 Å². The van der Waals surface area contributed by atoms with Gasteiger partial charge in [-0.3, -0.25) is 4.98 Å². The molecule has 0 atom stereocenters. The van der Waals surface area contributed by atoms with E-state index in [0.717, 1.165) is 0 Å². The molecule has 2 aromatic rings. The number of hydrogen-bond acceptors (Lipinski definition) is 3. The average Bonchev–Trinajstić information content (AvgIpc) is 2.28. The lowest BCUT2D eigenvalue weighted by molar-refractivity contribution is 0.610. The highest BCUT2D eigenvalue weighted by molar-refractivity contribution is 8.14. The third kappa shape index (κ3) is 2.60. The lowest BCUT2D eigenvalue weighted by Gasteiger charge is -2.07. The highest BCUT2D eigenvalue weighted by Gasteiger charge is 2.20. The number of benzene rings is 1. The molecule has 1 aromatic heterocycles. The predicted molar refractivity (Wildman–Crippen MR) is 67.7 cm³/mol. The second kappa shape index (κ2) is 4.64. The van der Waals surface area contributed by atoms with Gasteiger partial charge in [-0.2, -0.15) is 0 Å². The monoisotopic (exact) mass is 287 g/mol. The molecule has 0 unspecified atom stereocenters. The standard InChI is InChI=1S/C11H7Cl2NO2S/c12-10-7-14-6-9(11(10)17(13,15)16)8-4-2-1-3-5-8/h1-7H. The Balaban J connectivity index is 2.76. The summed E-state index contributed by atoms with van der Waals surface area (Å²) in [5.41, 5.74) is 1.09. The van der Waals surface area contributed by atoms with Crippen molar-refractivity contribution in [1.29, 1.82) is 0 Å². The molecule has 0 aliphatic heterocycles. The van der Waals surface area contributed by atoms with E-state index in [9.17, 15) is 8.42 Å². The van der Waals surface area contributed by atoms with Crippen LogP contribution < -0.4 is 0 Å². The summed E-state index contributed by atoms with van der Waals surface area (Å²) < 4.78 is 23.0. The van der Waals surface area contributed by atoms with E-state index < -0.39 is 9.05 Å². The summed E-state index contributed by atoms with van der Waals surface area (Å²) in [5.74, 6) is 0. The lowest BCUT2D eigenvalue weighted by atomic mass is 10.1. The van der Waals surface area contributed by atoms with Crippen molar-refractivity contribution in [3.05, 3.63) is 47.7 Å². The summed E-state index contributed by atoms with van der Waals surface area (Å²) in [6.45, 7) is 0. The van der Waals surface area contributed by atoms with Gasteiger partial charge in [-0.1, -0.05) is 41.9 Å². The van der Waals surface area contributed by atoms with Crippen LogP contribution in [0, 0.1) is 0 Å². The maximum Gasteiger partial charge on any atom is 0.263 e. The molecule has 1 heterocycles. The third-order valence-electron chi connectivity index (χ3n) is 2.18. The van der Waals surface area contributed by atoms with Crippen molar-refractivity contribution in [2.75, 3.05) is 0 Å². The quantitative estimate of drug-likeness (QED) is 0.796. The zero-order valence-corrected chi connectivity index (χ0v) is 10.8. The highest BCUT2D eigenvalue weighted by atomic mass is 35.7. The third-order valence-corrected chi connectivity index (χ3v) is 3.97. The van der Waals surface area contributed by atoms with Crippen LogP contribution in [0.2, 0.25) is 5.02 Å². The van der Waals surface area contributed by atoms with E-state index in [-0.39, 0.29) is 9.92 Å². The molecule has 0 bridgehead atoms. The SMILES string of the molecule is O=S(=O)(Cl)c1c(Cl)cncc1-c1ccccc1. The first kappa shape index (κ1) is 12.4. The number of halogens is 2. The summed E-state index contributed by atoms with van der Waals surface area (Å²) in [7, 11) is 1.47. The molecule has 0 amide bonds. The smallest absolute Gasteiger partial charge is 0.262 e. The minimum atomic E-state index is -3.91. The van der Waals surface area contributed by atoms with Gasteiger partial charge in [0.2, 0.25) is 0 Å². The maximum absolute atomic E-state index is 11.5. The molecule has 0 spiro atoms. The van der Waals surface area contributed by atoms with Gasteiger partial charge in [-0.15, -0.1) is 0 Å². The molecule has 2 rings (SSSR count). The van der Waals surface area contributed by atoms with E-state index in [1.54, 1.807) is 24.3 Å². The minimum absolute atomic E-state index is 0.0151. The Kier molecular flexibility index (Phi) is 3.38. The average molecular weight is 288 g/mol. The molecular formula is C11H7Cl2NO2S. The van der Waals surface area contributed by atoms with Crippen LogP contribution in [-0.2, 0) is 9.05 Å². The molecule has 1 aromatic carbocycles. The van der Waals surface area contributed by atoms with Crippen LogP contribution in [0.4, 0.5) is 0 Å². The van der Waals surface area contributed by atoms with Crippen molar-refractivity contribution in [2.24, 2.45) is 0 Å². The van der Waals surface area contributed by atoms with Crippen molar-refractivity contribution in [3.8, 4) is 11.1 Å². The fraction of sp³-hybridized carbons (Fsp3) is 0. The van der Waals surface area contributed by atoms with Crippen molar-refractivity contribution in [1.82, 2.24) is 4.98 Å². The molecule has 88 valence electrons. The Morgan fingerprint density at radius 3 is 2.29 bits per heavy atom. The summed E-state index contributed by atoms with van der Waals surface area (Å²) in [6.07, 6.45) is 2.68. The summed E-state index contributed by atoms with van der Waals surface area (Å²) in [6, 6.07) is 8.94. The Morgan fingerprint density at radius 1 is 1.06 bits per heavy atom. The van der Waals surface area contributed by atoms with E-state index in [2.05, 4.69) is 4.98 Å². The molecule has 17 heavy (non-hydrogen) atoms. The highest BCUT2D eigenvalue weighted by Crippen LogP contribution is 2.33. The van der Waals surface area contributed by atoms with E-state index >= 15 is 0 Å². The molecule has 0 fully saturated rings. The van der Waals surface area contributed by atoms with Gasteiger partial charge in [0.25, 0.3) is 9.05 Å². The first-order valence-electron chi connectivity index (χ1n) is 4.64. The molecule has 0 N–H and O–H groups in total. The number of pyridine rings is 1. The van der Waals surface area contributed by atoms with Gasteiger partial charge >= 0.3 is 0 Å². The van der Waals surface area contributed by atoms with Crippen LogP contribution in [0.25, 0.3) is 11.1 Å². The van der Waals surface area contributed by atoms with Crippen LogP contribution in [-0.4, -0.2) is 13.4 Å². The first-order chi connectivity index (χ1) is 8.00. The molecule has 6 heteroatoms. The Morgan fingerprint density at radius 2 is 1.71 bits per heavy atom. The van der Waals surface area contributed by atoms with Gasteiger partial charge in [-0.05, 0) is 5.56 Å². The van der Waals surface area contributed by atoms with Crippen LogP contribution in [0.5, 0.6) is 0 Å². The molecule has 0 radical (unpaired) electrons. The topological polar surface area (TPSA) is 47.0 Å². The van der Waals surface area contributed by atoms with Crippen LogP contribution >= 0.6 is 22.3 Å². The van der Waals surface area contributed by atoms with Gasteiger partial charge in [0.05, 0.1) is 5.02 Å². The van der Waals surface area contributed by atoms with E-state index in [1.165, 1.54) is 12.4 Å². The zero-order chi connectivity index (χ0) is 12.5.